The second kappa shape index (κ2) is 4.96. The quantitative estimate of drug-likeness (QED) is 0.715. The Balaban J connectivity index is 1.63. The summed E-state index contributed by atoms with van der Waals surface area (Å²) in [7, 11) is 0. The predicted molar refractivity (Wildman–Crippen MR) is 86.0 cm³/mol. The summed E-state index contributed by atoms with van der Waals surface area (Å²) in [6.07, 6.45) is 10.6. The van der Waals surface area contributed by atoms with Crippen molar-refractivity contribution >= 4 is 0 Å². The lowest BCUT2D eigenvalue weighted by molar-refractivity contribution is -0.0877. The lowest BCUT2D eigenvalue weighted by atomic mass is 9.47. The van der Waals surface area contributed by atoms with Gasteiger partial charge >= 0.3 is 0 Å². The Morgan fingerprint density at radius 3 is 2.67 bits per heavy atom. The van der Waals surface area contributed by atoms with Gasteiger partial charge in [-0.15, -0.1) is 0 Å². The van der Waals surface area contributed by atoms with Crippen LogP contribution in [-0.2, 0) is 0 Å². The highest BCUT2D eigenvalue weighted by Gasteiger charge is 2.58. The van der Waals surface area contributed by atoms with Crippen molar-refractivity contribution in [3.63, 3.8) is 0 Å². The van der Waals surface area contributed by atoms with Gasteiger partial charge in [-0.05, 0) is 99.0 Å². The molecule has 0 spiro atoms. The largest absolute Gasteiger partial charge is 0.393 e. The third-order valence-electron chi connectivity index (χ3n) is 8.32. The summed E-state index contributed by atoms with van der Waals surface area (Å²) in [5.74, 6) is 3.59. The summed E-state index contributed by atoms with van der Waals surface area (Å²) in [6, 6.07) is 0. The highest BCUT2D eigenvalue weighted by molar-refractivity contribution is 5.07. The average Bonchev–Trinajstić information content (AvgIpc) is 2.62. The van der Waals surface area contributed by atoms with Gasteiger partial charge in [0.15, 0.2) is 0 Å². The average molecular weight is 291 g/mol. The molecule has 7 unspecified atom stereocenters. The zero-order chi connectivity index (χ0) is 14.7. The van der Waals surface area contributed by atoms with Crippen LogP contribution >= 0.6 is 0 Å². The van der Waals surface area contributed by atoms with Gasteiger partial charge < -0.3 is 10.4 Å². The maximum Gasteiger partial charge on any atom is 0.0548 e. The van der Waals surface area contributed by atoms with Crippen LogP contribution in [0.2, 0.25) is 0 Å². The Morgan fingerprint density at radius 2 is 1.81 bits per heavy atom. The fourth-order valence-electron chi connectivity index (χ4n) is 7.18. The maximum atomic E-state index is 10.2. The van der Waals surface area contributed by atoms with Gasteiger partial charge in [-0.2, -0.15) is 0 Å². The van der Waals surface area contributed by atoms with Crippen LogP contribution < -0.4 is 5.32 Å². The summed E-state index contributed by atoms with van der Waals surface area (Å²) >= 11 is 0. The normalized spacial score (nSPS) is 57.0. The SMILES string of the molecule is CC12CCC3C(CCC4CCNCCC43C)C1CC(O)C2. The summed E-state index contributed by atoms with van der Waals surface area (Å²) in [5.41, 5.74) is 1.02. The summed E-state index contributed by atoms with van der Waals surface area (Å²) in [6.45, 7) is 7.56. The number of nitrogens with one attached hydrogen (secondary N) is 1. The van der Waals surface area contributed by atoms with Gasteiger partial charge in [0.05, 0.1) is 6.10 Å². The zero-order valence-electron chi connectivity index (χ0n) is 13.9. The monoisotopic (exact) mass is 291 g/mol. The minimum absolute atomic E-state index is 0.0138. The predicted octanol–water partition coefficient (Wildman–Crippen LogP) is 3.59. The van der Waals surface area contributed by atoms with Gasteiger partial charge in [0.2, 0.25) is 0 Å². The van der Waals surface area contributed by atoms with Crippen molar-refractivity contribution in [3.8, 4) is 0 Å². The van der Waals surface area contributed by atoms with Crippen LogP contribution in [0.3, 0.4) is 0 Å². The highest BCUT2D eigenvalue weighted by Crippen LogP contribution is 2.65. The molecule has 4 rings (SSSR count). The van der Waals surface area contributed by atoms with Crippen molar-refractivity contribution in [2.24, 2.45) is 34.5 Å². The first-order valence-electron chi connectivity index (χ1n) is 9.42. The lowest BCUT2D eigenvalue weighted by Crippen LogP contribution is -2.50. The molecule has 1 heterocycles. The number of hydrogen-bond acceptors (Lipinski definition) is 2. The van der Waals surface area contributed by atoms with Crippen molar-refractivity contribution in [2.75, 3.05) is 13.1 Å². The second-order valence-corrected chi connectivity index (χ2v) is 9.23. The van der Waals surface area contributed by atoms with Gasteiger partial charge in [-0.25, -0.2) is 0 Å². The standard InChI is InChI=1S/C19H33NO/c1-18-7-5-16-15(17(18)11-14(21)12-18)4-3-13-6-9-20-10-8-19(13,16)2/h13-17,20-21H,3-12H2,1-2H3. The van der Waals surface area contributed by atoms with Crippen LogP contribution in [0, 0.1) is 34.5 Å². The molecule has 0 radical (unpaired) electrons. The van der Waals surface area contributed by atoms with Gasteiger partial charge in [0.1, 0.15) is 0 Å². The first-order chi connectivity index (χ1) is 10.0. The first kappa shape index (κ1) is 14.5. The van der Waals surface area contributed by atoms with E-state index in [2.05, 4.69) is 19.2 Å². The van der Waals surface area contributed by atoms with Crippen molar-refractivity contribution in [1.82, 2.24) is 5.32 Å². The van der Waals surface area contributed by atoms with E-state index in [0.717, 1.165) is 36.5 Å². The van der Waals surface area contributed by atoms with Crippen molar-refractivity contribution in [3.05, 3.63) is 0 Å². The number of rotatable bonds is 0. The van der Waals surface area contributed by atoms with Crippen molar-refractivity contribution < 1.29 is 5.11 Å². The van der Waals surface area contributed by atoms with Crippen molar-refractivity contribution in [2.45, 2.75) is 71.3 Å². The third-order valence-corrected chi connectivity index (χ3v) is 8.32. The summed E-state index contributed by atoms with van der Waals surface area (Å²) in [4.78, 5) is 0. The molecule has 3 saturated carbocycles. The Labute approximate surface area is 130 Å². The van der Waals surface area contributed by atoms with Gasteiger partial charge in [-0.3, -0.25) is 0 Å². The third kappa shape index (κ3) is 2.12. The number of aliphatic hydroxyl groups is 1. The minimum Gasteiger partial charge on any atom is -0.393 e. The van der Waals surface area contributed by atoms with Gasteiger partial charge in [0.25, 0.3) is 0 Å². The fourth-order valence-corrected chi connectivity index (χ4v) is 7.18. The summed E-state index contributed by atoms with van der Waals surface area (Å²) < 4.78 is 0. The molecule has 0 bridgehead atoms. The van der Waals surface area contributed by atoms with E-state index in [4.69, 9.17) is 0 Å². The van der Waals surface area contributed by atoms with E-state index in [-0.39, 0.29) is 6.10 Å². The molecule has 0 aromatic heterocycles. The Morgan fingerprint density at radius 1 is 0.952 bits per heavy atom. The van der Waals surface area contributed by atoms with Crippen LogP contribution in [0.5, 0.6) is 0 Å². The lowest BCUT2D eigenvalue weighted by Gasteiger charge is -2.58. The number of hydrogen-bond donors (Lipinski definition) is 2. The molecule has 0 amide bonds. The molecule has 2 heteroatoms. The van der Waals surface area contributed by atoms with E-state index in [0.29, 0.717) is 10.8 Å². The molecule has 1 aliphatic heterocycles. The number of aliphatic hydroxyl groups excluding tert-OH is 1. The van der Waals surface area contributed by atoms with Crippen LogP contribution in [-0.4, -0.2) is 24.3 Å². The van der Waals surface area contributed by atoms with Crippen molar-refractivity contribution in [1.29, 1.82) is 0 Å². The zero-order valence-corrected chi connectivity index (χ0v) is 13.9. The van der Waals surface area contributed by atoms with Crippen LogP contribution in [0.4, 0.5) is 0 Å². The topological polar surface area (TPSA) is 32.3 Å². The molecule has 4 fully saturated rings. The van der Waals surface area contributed by atoms with Crippen LogP contribution in [0.15, 0.2) is 0 Å². The smallest absolute Gasteiger partial charge is 0.0548 e. The second-order valence-electron chi connectivity index (χ2n) is 9.23. The van der Waals surface area contributed by atoms with E-state index in [1.807, 2.05) is 0 Å². The molecule has 2 nitrogen and oxygen atoms in total. The molecule has 0 aromatic rings. The molecule has 120 valence electrons. The Bertz CT molecular complexity index is 410. The van der Waals surface area contributed by atoms with E-state index >= 15 is 0 Å². The molecule has 3 aliphatic carbocycles. The molecule has 2 N–H and O–H groups in total. The molecular weight excluding hydrogens is 258 g/mol. The van der Waals surface area contributed by atoms with Gasteiger partial charge in [-0.1, -0.05) is 13.8 Å². The highest BCUT2D eigenvalue weighted by atomic mass is 16.3. The van der Waals surface area contributed by atoms with Crippen LogP contribution in [0.25, 0.3) is 0 Å². The molecular formula is C19H33NO. The summed E-state index contributed by atoms with van der Waals surface area (Å²) in [5, 5.41) is 13.9. The van der Waals surface area contributed by atoms with E-state index in [9.17, 15) is 5.11 Å². The fraction of sp³-hybridized carbons (Fsp3) is 1.00. The van der Waals surface area contributed by atoms with E-state index in [1.54, 1.807) is 0 Å². The molecule has 21 heavy (non-hydrogen) atoms. The van der Waals surface area contributed by atoms with Crippen LogP contribution in [0.1, 0.15) is 65.2 Å². The molecule has 1 saturated heterocycles. The van der Waals surface area contributed by atoms with Gasteiger partial charge in [0, 0.05) is 0 Å². The molecule has 0 aromatic carbocycles. The van der Waals surface area contributed by atoms with E-state index < -0.39 is 0 Å². The Kier molecular flexibility index (Phi) is 3.43. The Hall–Kier alpha value is -0.0800. The molecule has 7 atom stereocenters. The molecule has 4 aliphatic rings. The van der Waals surface area contributed by atoms with E-state index in [1.165, 1.54) is 51.6 Å². The first-order valence-corrected chi connectivity index (χ1v) is 9.42. The minimum atomic E-state index is -0.0138. The number of fused-ring (bicyclic) bond motifs is 5. The maximum absolute atomic E-state index is 10.2.